The highest BCUT2D eigenvalue weighted by atomic mass is 79.9. The summed E-state index contributed by atoms with van der Waals surface area (Å²) in [4.78, 5) is 10.8. The topological polar surface area (TPSA) is 26.3 Å². The molecule has 13 heavy (non-hydrogen) atoms. The van der Waals surface area contributed by atoms with E-state index in [-0.39, 0.29) is 0 Å². The van der Waals surface area contributed by atoms with Crippen LogP contribution in [0.5, 0.6) is 5.75 Å². The van der Waals surface area contributed by atoms with Crippen LogP contribution in [0.2, 0.25) is 0 Å². The quantitative estimate of drug-likeness (QED) is 0.746. The molecular weight excluding hydrogens is 232 g/mol. The van der Waals surface area contributed by atoms with E-state index in [1.54, 1.807) is 7.11 Å². The van der Waals surface area contributed by atoms with Gasteiger partial charge in [-0.2, -0.15) is 0 Å². The highest BCUT2D eigenvalue weighted by Crippen LogP contribution is 2.31. The number of rotatable bonds is 2. The summed E-state index contributed by atoms with van der Waals surface area (Å²) in [5.41, 5.74) is 2.50. The van der Waals surface area contributed by atoms with Gasteiger partial charge in [0, 0.05) is 10.0 Å². The van der Waals surface area contributed by atoms with Gasteiger partial charge in [-0.25, -0.2) is 0 Å². The SMILES string of the molecule is COc1c(C)c(Br)cc(C)c1C=O. The predicted molar refractivity (Wildman–Crippen MR) is 55.6 cm³/mol. The minimum Gasteiger partial charge on any atom is -0.496 e. The number of aldehydes is 1. The third kappa shape index (κ3) is 1.75. The van der Waals surface area contributed by atoms with Gasteiger partial charge >= 0.3 is 0 Å². The molecule has 0 amide bonds. The summed E-state index contributed by atoms with van der Waals surface area (Å²) in [5.74, 6) is 0.655. The molecule has 0 spiro atoms. The van der Waals surface area contributed by atoms with Gasteiger partial charge in [-0.3, -0.25) is 4.79 Å². The zero-order valence-corrected chi connectivity index (χ0v) is 9.44. The first-order valence-corrected chi connectivity index (χ1v) is 4.70. The van der Waals surface area contributed by atoms with E-state index in [9.17, 15) is 4.79 Å². The van der Waals surface area contributed by atoms with E-state index in [0.717, 1.165) is 21.9 Å². The fraction of sp³-hybridized carbons (Fsp3) is 0.300. The lowest BCUT2D eigenvalue weighted by Gasteiger charge is -2.11. The summed E-state index contributed by atoms with van der Waals surface area (Å²) in [6.07, 6.45) is 0.827. The molecule has 0 saturated carbocycles. The number of hydrogen-bond acceptors (Lipinski definition) is 2. The molecule has 1 aromatic rings. The van der Waals surface area contributed by atoms with Gasteiger partial charge in [0.2, 0.25) is 0 Å². The van der Waals surface area contributed by atoms with Gasteiger partial charge in [0.25, 0.3) is 0 Å². The molecule has 0 N–H and O–H groups in total. The van der Waals surface area contributed by atoms with Crippen molar-refractivity contribution in [2.75, 3.05) is 7.11 Å². The van der Waals surface area contributed by atoms with Gasteiger partial charge < -0.3 is 4.74 Å². The number of aryl methyl sites for hydroxylation is 1. The molecule has 0 aliphatic carbocycles. The van der Waals surface area contributed by atoms with Gasteiger partial charge in [0.05, 0.1) is 12.7 Å². The van der Waals surface area contributed by atoms with Crippen LogP contribution in [-0.4, -0.2) is 13.4 Å². The van der Waals surface area contributed by atoms with Crippen molar-refractivity contribution in [3.63, 3.8) is 0 Å². The molecule has 3 heteroatoms. The lowest BCUT2D eigenvalue weighted by Crippen LogP contribution is -1.97. The summed E-state index contributed by atoms with van der Waals surface area (Å²) < 4.78 is 6.13. The Morgan fingerprint density at radius 3 is 2.54 bits per heavy atom. The number of benzene rings is 1. The summed E-state index contributed by atoms with van der Waals surface area (Å²) >= 11 is 3.41. The van der Waals surface area contributed by atoms with Crippen molar-refractivity contribution in [3.8, 4) is 5.75 Å². The first-order valence-electron chi connectivity index (χ1n) is 3.90. The maximum atomic E-state index is 10.8. The zero-order valence-electron chi connectivity index (χ0n) is 7.85. The van der Waals surface area contributed by atoms with E-state index in [1.165, 1.54) is 0 Å². The molecule has 0 fully saturated rings. The van der Waals surface area contributed by atoms with Crippen molar-refractivity contribution in [1.29, 1.82) is 0 Å². The third-order valence-corrected chi connectivity index (χ3v) is 2.86. The van der Waals surface area contributed by atoms with Gasteiger partial charge in [-0.15, -0.1) is 0 Å². The number of carbonyl (C=O) groups is 1. The summed E-state index contributed by atoms with van der Waals surface area (Å²) in [5, 5.41) is 0. The molecule has 0 aromatic heterocycles. The standard InChI is InChI=1S/C10H11BrO2/c1-6-4-9(11)7(2)10(13-3)8(6)5-12/h4-5H,1-3H3. The highest BCUT2D eigenvalue weighted by Gasteiger charge is 2.11. The van der Waals surface area contributed by atoms with Crippen molar-refractivity contribution < 1.29 is 9.53 Å². The molecule has 1 rings (SSSR count). The Hall–Kier alpha value is -0.830. The molecule has 0 atom stereocenters. The first kappa shape index (κ1) is 10.3. The molecule has 1 aromatic carbocycles. The van der Waals surface area contributed by atoms with Crippen LogP contribution in [0.15, 0.2) is 10.5 Å². The van der Waals surface area contributed by atoms with Crippen LogP contribution in [0.3, 0.4) is 0 Å². The number of hydrogen-bond donors (Lipinski definition) is 0. The van der Waals surface area contributed by atoms with Crippen LogP contribution < -0.4 is 4.74 Å². The summed E-state index contributed by atoms with van der Waals surface area (Å²) in [6, 6.07) is 1.92. The molecule has 0 bridgehead atoms. The Balaban J connectivity index is 3.50. The van der Waals surface area contributed by atoms with Crippen molar-refractivity contribution in [3.05, 3.63) is 27.2 Å². The van der Waals surface area contributed by atoms with Gasteiger partial charge in [0.1, 0.15) is 5.75 Å². The minimum absolute atomic E-state index is 0.628. The largest absolute Gasteiger partial charge is 0.496 e. The van der Waals surface area contributed by atoms with Crippen LogP contribution in [-0.2, 0) is 0 Å². The Labute approximate surface area is 86.0 Å². The number of carbonyl (C=O) groups excluding carboxylic acids is 1. The van der Waals surface area contributed by atoms with Crippen LogP contribution in [0.4, 0.5) is 0 Å². The first-order chi connectivity index (χ1) is 6.11. The second-order valence-electron chi connectivity index (χ2n) is 2.87. The average molecular weight is 243 g/mol. The molecular formula is C10H11BrO2. The normalized spacial score (nSPS) is 9.85. The van der Waals surface area contributed by atoms with Crippen molar-refractivity contribution in [2.24, 2.45) is 0 Å². The fourth-order valence-corrected chi connectivity index (χ4v) is 1.80. The Kier molecular flexibility index (Phi) is 3.09. The summed E-state index contributed by atoms with van der Waals surface area (Å²) in [7, 11) is 1.57. The predicted octanol–water partition coefficient (Wildman–Crippen LogP) is 2.89. The second-order valence-corrected chi connectivity index (χ2v) is 3.72. The Morgan fingerprint density at radius 1 is 1.46 bits per heavy atom. The maximum Gasteiger partial charge on any atom is 0.154 e. The number of ether oxygens (including phenoxy) is 1. The molecule has 2 nitrogen and oxygen atoms in total. The molecule has 0 aliphatic rings. The number of halogens is 1. The second kappa shape index (κ2) is 3.92. The fourth-order valence-electron chi connectivity index (χ4n) is 1.28. The zero-order chi connectivity index (χ0) is 10.0. The lowest BCUT2D eigenvalue weighted by atomic mass is 10.1. The number of methoxy groups -OCH3 is 1. The van der Waals surface area contributed by atoms with E-state index < -0.39 is 0 Å². The lowest BCUT2D eigenvalue weighted by molar-refractivity contribution is 0.112. The highest BCUT2D eigenvalue weighted by molar-refractivity contribution is 9.10. The summed E-state index contributed by atoms with van der Waals surface area (Å²) in [6.45, 7) is 3.80. The average Bonchev–Trinajstić information content (AvgIpc) is 2.10. The molecule has 0 saturated heterocycles. The van der Waals surface area contributed by atoms with Crippen LogP contribution in [0.1, 0.15) is 21.5 Å². The van der Waals surface area contributed by atoms with Crippen LogP contribution in [0, 0.1) is 13.8 Å². The molecule has 0 radical (unpaired) electrons. The van der Waals surface area contributed by atoms with Crippen molar-refractivity contribution >= 4 is 22.2 Å². The minimum atomic E-state index is 0.628. The molecule has 0 unspecified atom stereocenters. The Bertz CT molecular complexity index is 345. The smallest absolute Gasteiger partial charge is 0.154 e. The van der Waals surface area contributed by atoms with E-state index >= 15 is 0 Å². The maximum absolute atomic E-state index is 10.8. The van der Waals surface area contributed by atoms with Crippen LogP contribution in [0.25, 0.3) is 0 Å². The van der Waals surface area contributed by atoms with E-state index in [2.05, 4.69) is 15.9 Å². The van der Waals surface area contributed by atoms with E-state index in [0.29, 0.717) is 11.3 Å². The van der Waals surface area contributed by atoms with E-state index in [1.807, 2.05) is 19.9 Å². The van der Waals surface area contributed by atoms with Crippen molar-refractivity contribution in [2.45, 2.75) is 13.8 Å². The third-order valence-electron chi connectivity index (χ3n) is 2.03. The van der Waals surface area contributed by atoms with Gasteiger partial charge in [-0.05, 0) is 25.5 Å². The van der Waals surface area contributed by atoms with Crippen LogP contribution >= 0.6 is 15.9 Å². The molecule has 0 heterocycles. The van der Waals surface area contributed by atoms with Crippen molar-refractivity contribution in [1.82, 2.24) is 0 Å². The monoisotopic (exact) mass is 242 g/mol. The van der Waals surface area contributed by atoms with E-state index in [4.69, 9.17) is 4.74 Å². The molecule has 0 aliphatic heterocycles. The van der Waals surface area contributed by atoms with Gasteiger partial charge in [-0.1, -0.05) is 15.9 Å². The molecule has 70 valence electrons. The Morgan fingerprint density at radius 2 is 2.08 bits per heavy atom. The van der Waals surface area contributed by atoms with Gasteiger partial charge in [0.15, 0.2) is 6.29 Å².